The number of carbonyl (C=O) groups is 1. The molecule has 1 heterocycles. The maximum absolute atomic E-state index is 12.1. The summed E-state index contributed by atoms with van der Waals surface area (Å²) in [4.78, 5) is 18.9. The van der Waals surface area contributed by atoms with Crippen molar-refractivity contribution >= 4 is 5.97 Å². The highest BCUT2D eigenvalue weighted by molar-refractivity contribution is 5.90. The summed E-state index contributed by atoms with van der Waals surface area (Å²) in [6, 6.07) is 2.02. The summed E-state index contributed by atoms with van der Waals surface area (Å²) in [6.45, 7) is 2.90. The number of hydrogen-bond donors (Lipinski definition) is 0. The van der Waals surface area contributed by atoms with Gasteiger partial charge in [-0.05, 0) is 58.3 Å². The highest BCUT2D eigenvalue weighted by Gasteiger charge is 2.19. The lowest BCUT2D eigenvalue weighted by atomic mass is 10.0. The van der Waals surface area contributed by atoms with Crippen molar-refractivity contribution in [1.29, 1.82) is 0 Å². The molecule has 1 aromatic heterocycles. The average molecular weight is 276 g/mol. The fourth-order valence-electron chi connectivity index (χ4n) is 2.66. The second kappa shape index (κ2) is 6.84. The van der Waals surface area contributed by atoms with E-state index in [1.165, 1.54) is 30.5 Å². The van der Waals surface area contributed by atoms with Gasteiger partial charge in [-0.3, -0.25) is 4.98 Å². The highest BCUT2D eigenvalue weighted by atomic mass is 16.5. The van der Waals surface area contributed by atoms with Crippen LogP contribution in [0.5, 0.6) is 0 Å². The molecular formula is C16H24N2O2. The maximum atomic E-state index is 12.1. The van der Waals surface area contributed by atoms with E-state index in [0.29, 0.717) is 18.7 Å². The molecule has 20 heavy (non-hydrogen) atoms. The molecule has 2 rings (SSSR count). The summed E-state index contributed by atoms with van der Waals surface area (Å²) in [6.07, 6.45) is 5.67. The van der Waals surface area contributed by atoms with Gasteiger partial charge in [0.05, 0.1) is 17.9 Å². The third-order valence-electron chi connectivity index (χ3n) is 3.59. The van der Waals surface area contributed by atoms with E-state index in [9.17, 15) is 4.79 Å². The first-order valence-electron chi connectivity index (χ1n) is 7.45. The van der Waals surface area contributed by atoms with Crippen molar-refractivity contribution in [1.82, 2.24) is 9.88 Å². The Labute approximate surface area is 121 Å². The van der Waals surface area contributed by atoms with Gasteiger partial charge >= 0.3 is 5.97 Å². The smallest absolute Gasteiger partial charge is 0.340 e. The zero-order valence-electron chi connectivity index (χ0n) is 12.7. The molecule has 1 aromatic rings. The summed E-state index contributed by atoms with van der Waals surface area (Å²) < 4.78 is 5.17. The Kier molecular flexibility index (Phi) is 5.12. The zero-order chi connectivity index (χ0) is 14.5. The van der Waals surface area contributed by atoms with Crippen LogP contribution in [0, 0.1) is 0 Å². The van der Waals surface area contributed by atoms with Crippen LogP contribution in [0.3, 0.4) is 0 Å². The number of esters is 1. The van der Waals surface area contributed by atoms with E-state index in [1.807, 2.05) is 32.0 Å². The van der Waals surface area contributed by atoms with Crippen molar-refractivity contribution in [2.24, 2.45) is 0 Å². The minimum atomic E-state index is -0.246. The van der Waals surface area contributed by atoms with Crippen LogP contribution in [-0.2, 0) is 24.1 Å². The molecule has 0 atom stereocenters. The monoisotopic (exact) mass is 276 g/mol. The fourth-order valence-corrected chi connectivity index (χ4v) is 2.66. The van der Waals surface area contributed by atoms with E-state index in [-0.39, 0.29) is 5.97 Å². The van der Waals surface area contributed by atoms with Crippen LogP contribution < -0.4 is 0 Å². The van der Waals surface area contributed by atoms with E-state index in [4.69, 9.17) is 9.72 Å². The molecule has 0 saturated carbocycles. The number of fused-ring (bicyclic) bond motifs is 1. The molecule has 0 bridgehead atoms. The standard InChI is InChI=1S/C16H24N2O2/c1-4-20-16(19)13-10-12-8-6-5-7-9-14(12)17-15(13)11-18(2)3/h10H,4-9,11H2,1-3H3. The second-order valence-corrected chi connectivity index (χ2v) is 5.61. The Bertz CT molecular complexity index is 484. The lowest BCUT2D eigenvalue weighted by molar-refractivity contribution is 0.0523. The number of aryl methyl sites for hydroxylation is 2. The number of rotatable bonds is 4. The number of ether oxygens (including phenoxy) is 1. The summed E-state index contributed by atoms with van der Waals surface area (Å²) in [5, 5.41) is 0. The van der Waals surface area contributed by atoms with Gasteiger partial charge in [0.15, 0.2) is 0 Å². The molecule has 4 heteroatoms. The van der Waals surface area contributed by atoms with Gasteiger partial charge in [0, 0.05) is 12.2 Å². The van der Waals surface area contributed by atoms with Crippen molar-refractivity contribution in [3.8, 4) is 0 Å². The summed E-state index contributed by atoms with van der Waals surface area (Å²) in [5.74, 6) is -0.246. The summed E-state index contributed by atoms with van der Waals surface area (Å²) in [7, 11) is 3.98. The molecule has 0 unspecified atom stereocenters. The molecule has 1 aliphatic carbocycles. The molecule has 110 valence electrons. The quantitative estimate of drug-likeness (QED) is 0.626. The largest absolute Gasteiger partial charge is 0.462 e. The van der Waals surface area contributed by atoms with Crippen molar-refractivity contribution in [2.45, 2.75) is 45.6 Å². The number of carbonyl (C=O) groups excluding carboxylic acids is 1. The van der Waals surface area contributed by atoms with Gasteiger partial charge in [-0.2, -0.15) is 0 Å². The third kappa shape index (κ3) is 3.57. The summed E-state index contributed by atoms with van der Waals surface area (Å²) >= 11 is 0. The molecule has 4 nitrogen and oxygen atoms in total. The van der Waals surface area contributed by atoms with Crippen LogP contribution >= 0.6 is 0 Å². The number of nitrogens with zero attached hydrogens (tertiary/aromatic N) is 2. The Hall–Kier alpha value is -1.42. The molecule has 0 radical (unpaired) electrons. The first-order chi connectivity index (χ1) is 9.61. The van der Waals surface area contributed by atoms with Crippen LogP contribution in [0.15, 0.2) is 6.07 Å². The van der Waals surface area contributed by atoms with E-state index in [0.717, 1.165) is 18.5 Å². The molecule has 0 aliphatic heterocycles. The molecule has 0 aromatic carbocycles. The number of hydrogen-bond acceptors (Lipinski definition) is 4. The van der Waals surface area contributed by atoms with Crippen molar-refractivity contribution in [3.63, 3.8) is 0 Å². The first-order valence-corrected chi connectivity index (χ1v) is 7.45. The molecule has 0 fully saturated rings. The van der Waals surface area contributed by atoms with E-state index in [2.05, 4.69) is 0 Å². The van der Waals surface area contributed by atoms with Gasteiger partial charge < -0.3 is 9.64 Å². The second-order valence-electron chi connectivity index (χ2n) is 5.61. The van der Waals surface area contributed by atoms with Gasteiger partial charge in [-0.25, -0.2) is 4.79 Å². The van der Waals surface area contributed by atoms with Crippen molar-refractivity contribution in [2.75, 3.05) is 20.7 Å². The van der Waals surface area contributed by atoms with Gasteiger partial charge in [0.25, 0.3) is 0 Å². The average Bonchev–Trinajstić information content (AvgIpc) is 2.62. The van der Waals surface area contributed by atoms with E-state index < -0.39 is 0 Å². The minimum Gasteiger partial charge on any atom is -0.462 e. The van der Waals surface area contributed by atoms with Crippen LogP contribution in [0.25, 0.3) is 0 Å². The predicted molar refractivity (Wildman–Crippen MR) is 78.8 cm³/mol. The molecule has 0 N–H and O–H groups in total. The zero-order valence-corrected chi connectivity index (χ0v) is 12.7. The molecular weight excluding hydrogens is 252 g/mol. The third-order valence-corrected chi connectivity index (χ3v) is 3.59. The molecule has 0 saturated heterocycles. The number of aromatic nitrogens is 1. The Morgan fingerprint density at radius 1 is 1.30 bits per heavy atom. The Morgan fingerprint density at radius 2 is 2.05 bits per heavy atom. The lowest BCUT2D eigenvalue weighted by Crippen LogP contribution is -2.19. The van der Waals surface area contributed by atoms with Gasteiger partial charge in [-0.1, -0.05) is 6.42 Å². The highest BCUT2D eigenvalue weighted by Crippen LogP contribution is 2.23. The van der Waals surface area contributed by atoms with Crippen molar-refractivity contribution < 1.29 is 9.53 Å². The number of pyridine rings is 1. The SMILES string of the molecule is CCOC(=O)c1cc2c(nc1CN(C)C)CCCCC2. The molecule has 0 spiro atoms. The van der Waals surface area contributed by atoms with Gasteiger partial charge in [0.1, 0.15) is 0 Å². The van der Waals surface area contributed by atoms with Crippen LogP contribution in [-0.4, -0.2) is 36.6 Å². The van der Waals surface area contributed by atoms with Gasteiger partial charge in [-0.15, -0.1) is 0 Å². The first kappa shape index (κ1) is 15.0. The fraction of sp³-hybridized carbons (Fsp3) is 0.625. The molecule has 0 amide bonds. The Morgan fingerprint density at radius 3 is 2.75 bits per heavy atom. The maximum Gasteiger partial charge on any atom is 0.340 e. The minimum absolute atomic E-state index is 0.246. The molecule has 1 aliphatic rings. The van der Waals surface area contributed by atoms with Crippen LogP contribution in [0.2, 0.25) is 0 Å². The normalized spacial score (nSPS) is 14.8. The lowest BCUT2D eigenvalue weighted by Gasteiger charge is -2.16. The van der Waals surface area contributed by atoms with Gasteiger partial charge in [0.2, 0.25) is 0 Å². The van der Waals surface area contributed by atoms with E-state index in [1.54, 1.807) is 0 Å². The Balaban J connectivity index is 2.40. The van der Waals surface area contributed by atoms with E-state index >= 15 is 0 Å². The van der Waals surface area contributed by atoms with Crippen LogP contribution in [0.4, 0.5) is 0 Å². The predicted octanol–water partition coefficient (Wildman–Crippen LogP) is 2.59. The van der Waals surface area contributed by atoms with Crippen molar-refractivity contribution in [3.05, 3.63) is 28.6 Å². The van der Waals surface area contributed by atoms with Crippen LogP contribution in [0.1, 0.15) is 53.5 Å². The summed E-state index contributed by atoms with van der Waals surface area (Å²) in [5.41, 5.74) is 3.88. The topological polar surface area (TPSA) is 42.4 Å².